The second-order valence-corrected chi connectivity index (χ2v) is 7.68. The molecule has 2 amide bonds. The van der Waals surface area contributed by atoms with Crippen LogP contribution in [0.25, 0.3) is 0 Å². The molecular weight excluding hydrogens is 384 g/mol. The summed E-state index contributed by atoms with van der Waals surface area (Å²) in [6.45, 7) is 1.96. The van der Waals surface area contributed by atoms with E-state index in [1.807, 2.05) is 48.3 Å². The molecule has 7 nitrogen and oxygen atoms in total. The molecule has 1 saturated heterocycles. The van der Waals surface area contributed by atoms with Gasteiger partial charge in [-0.25, -0.2) is 4.79 Å². The quantitative estimate of drug-likeness (QED) is 0.725. The summed E-state index contributed by atoms with van der Waals surface area (Å²) in [6.07, 6.45) is 0.843. The van der Waals surface area contributed by atoms with Crippen molar-refractivity contribution >= 4 is 6.03 Å². The molecule has 160 valence electrons. The monoisotopic (exact) mass is 412 g/mol. The van der Waals surface area contributed by atoms with Crippen molar-refractivity contribution in [3.63, 3.8) is 0 Å². The van der Waals surface area contributed by atoms with Crippen molar-refractivity contribution < 1.29 is 23.7 Å². The Hall–Kier alpha value is -2.93. The molecule has 2 aliphatic rings. The first kappa shape index (κ1) is 20.3. The number of ether oxygens (including phenoxy) is 4. The first-order chi connectivity index (χ1) is 14.6. The van der Waals surface area contributed by atoms with Gasteiger partial charge in [0.15, 0.2) is 11.5 Å². The zero-order valence-corrected chi connectivity index (χ0v) is 17.7. The normalized spacial score (nSPS) is 19.8. The molecule has 0 N–H and O–H groups in total. The van der Waals surface area contributed by atoms with Gasteiger partial charge in [-0.15, -0.1) is 0 Å². The van der Waals surface area contributed by atoms with Crippen LogP contribution in [0.2, 0.25) is 0 Å². The average molecular weight is 412 g/mol. The number of rotatable bonds is 6. The van der Waals surface area contributed by atoms with Gasteiger partial charge >= 0.3 is 6.03 Å². The van der Waals surface area contributed by atoms with Crippen LogP contribution >= 0.6 is 0 Å². The van der Waals surface area contributed by atoms with E-state index in [1.165, 1.54) is 0 Å². The van der Waals surface area contributed by atoms with E-state index < -0.39 is 0 Å². The lowest BCUT2D eigenvalue weighted by Crippen LogP contribution is -2.42. The number of hydrogen-bond donors (Lipinski definition) is 0. The van der Waals surface area contributed by atoms with Crippen LogP contribution in [0.5, 0.6) is 17.2 Å². The summed E-state index contributed by atoms with van der Waals surface area (Å²) in [7, 11) is 5.12. The molecule has 4 rings (SSSR count). The number of carbonyl (C=O) groups excluding carboxylic acids is 1. The van der Waals surface area contributed by atoms with E-state index in [4.69, 9.17) is 18.9 Å². The predicted molar refractivity (Wildman–Crippen MR) is 112 cm³/mol. The number of hydrogen-bond acceptors (Lipinski definition) is 5. The Labute approximate surface area is 177 Å². The van der Waals surface area contributed by atoms with E-state index in [9.17, 15) is 4.79 Å². The Kier molecular flexibility index (Phi) is 5.99. The largest absolute Gasteiger partial charge is 0.497 e. The molecule has 0 saturated carbocycles. The van der Waals surface area contributed by atoms with Crippen molar-refractivity contribution in [1.29, 1.82) is 0 Å². The molecule has 0 bridgehead atoms. The fraction of sp³-hybridized carbons (Fsp3) is 0.435. The van der Waals surface area contributed by atoms with Crippen molar-refractivity contribution in [2.75, 3.05) is 47.8 Å². The Morgan fingerprint density at radius 2 is 1.83 bits per heavy atom. The maximum atomic E-state index is 13.2. The molecule has 0 aromatic heterocycles. The summed E-state index contributed by atoms with van der Waals surface area (Å²) in [5.41, 5.74) is 2.26. The second kappa shape index (κ2) is 8.83. The molecule has 0 aliphatic carbocycles. The molecule has 0 radical (unpaired) electrons. The van der Waals surface area contributed by atoms with Gasteiger partial charge in [0.1, 0.15) is 5.75 Å². The second-order valence-electron chi connectivity index (χ2n) is 7.68. The molecule has 30 heavy (non-hydrogen) atoms. The van der Waals surface area contributed by atoms with E-state index in [2.05, 4.69) is 6.07 Å². The van der Waals surface area contributed by atoms with E-state index in [0.717, 1.165) is 34.8 Å². The number of carbonyl (C=O) groups is 1. The molecule has 2 atom stereocenters. The summed E-state index contributed by atoms with van der Waals surface area (Å²) in [4.78, 5) is 16.9. The lowest BCUT2D eigenvalue weighted by Gasteiger charge is -2.30. The van der Waals surface area contributed by atoms with Gasteiger partial charge in [0.05, 0.1) is 19.8 Å². The summed E-state index contributed by atoms with van der Waals surface area (Å²) >= 11 is 0. The van der Waals surface area contributed by atoms with Crippen molar-refractivity contribution in [3.05, 3.63) is 53.6 Å². The lowest BCUT2D eigenvalue weighted by molar-refractivity contribution is 0.132. The van der Waals surface area contributed by atoms with Gasteiger partial charge in [0, 0.05) is 33.2 Å². The molecule has 2 aromatic rings. The number of fused-ring (bicyclic) bond motifs is 1. The number of benzene rings is 2. The zero-order valence-electron chi connectivity index (χ0n) is 17.7. The highest BCUT2D eigenvalue weighted by atomic mass is 16.7. The maximum absolute atomic E-state index is 13.2. The molecule has 2 heterocycles. The highest BCUT2D eigenvalue weighted by Crippen LogP contribution is 2.43. The van der Waals surface area contributed by atoms with Crippen LogP contribution < -0.4 is 14.2 Å². The van der Waals surface area contributed by atoms with Crippen molar-refractivity contribution in [2.45, 2.75) is 18.4 Å². The van der Waals surface area contributed by atoms with Gasteiger partial charge in [0.25, 0.3) is 0 Å². The van der Waals surface area contributed by atoms with E-state index >= 15 is 0 Å². The fourth-order valence-electron chi connectivity index (χ4n) is 4.14. The Morgan fingerprint density at radius 3 is 2.57 bits per heavy atom. The maximum Gasteiger partial charge on any atom is 0.320 e. The minimum absolute atomic E-state index is 0.0103. The number of likely N-dealkylation sites (N-methyl/N-ethyl adjacent to an activating group) is 1. The van der Waals surface area contributed by atoms with Gasteiger partial charge in [-0.1, -0.05) is 18.2 Å². The summed E-state index contributed by atoms with van der Waals surface area (Å²) in [5, 5.41) is 0. The lowest BCUT2D eigenvalue weighted by atomic mass is 9.93. The van der Waals surface area contributed by atoms with Crippen LogP contribution in [0.4, 0.5) is 4.79 Å². The van der Waals surface area contributed by atoms with Crippen molar-refractivity contribution in [1.82, 2.24) is 9.80 Å². The van der Waals surface area contributed by atoms with Gasteiger partial charge in [-0.2, -0.15) is 0 Å². The van der Waals surface area contributed by atoms with Crippen LogP contribution in [0.15, 0.2) is 42.5 Å². The molecule has 2 aromatic carbocycles. The van der Waals surface area contributed by atoms with Crippen molar-refractivity contribution in [3.8, 4) is 17.2 Å². The van der Waals surface area contributed by atoms with Crippen LogP contribution in [-0.2, 0) is 4.74 Å². The topological polar surface area (TPSA) is 60.5 Å². The van der Waals surface area contributed by atoms with E-state index in [1.54, 1.807) is 19.1 Å². The average Bonchev–Trinajstić information content (AvgIpc) is 3.43. The Morgan fingerprint density at radius 1 is 1.10 bits per heavy atom. The third-order valence-electron chi connectivity index (χ3n) is 5.87. The zero-order chi connectivity index (χ0) is 21.1. The summed E-state index contributed by atoms with van der Waals surface area (Å²) in [6, 6.07) is 14.0. The summed E-state index contributed by atoms with van der Waals surface area (Å²) < 4.78 is 21.4. The third-order valence-corrected chi connectivity index (χ3v) is 5.87. The standard InChI is InChI=1S/C23H28N2O5/c1-24(10-11-27-2)23(26)25-14-18(17-6-9-21-22(13-17)30-15-29-21)12-20(25)16-4-7-19(28-3)8-5-16/h4-9,13,18,20H,10-12,14-15H2,1-3H3. The van der Waals surface area contributed by atoms with Gasteiger partial charge in [-0.3, -0.25) is 0 Å². The van der Waals surface area contributed by atoms with Crippen molar-refractivity contribution in [2.24, 2.45) is 0 Å². The summed E-state index contributed by atoms with van der Waals surface area (Å²) in [5.74, 6) is 2.57. The predicted octanol–water partition coefficient (Wildman–Crippen LogP) is 3.65. The highest BCUT2D eigenvalue weighted by molar-refractivity contribution is 5.75. The molecule has 2 unspecified atom stereocenters. The minimum Gasteiger partial charge on any atom is -0.497 e. The smallest absolute Gasteiger partial charge is 0.320 e. The molecule has 1 fully saturated rings. The third kappa shape index (κ3) is 4.03. The Balaban J connectivity index is 1.60. The molecule has 2 aliphatic heterocycles. The number of urea groups is 1. The van der Waals surface area contributed by atoms with E-state index in [-0.39, 0.29) is 24.8 Å². The number of amides is 2. The molecule has 7 heteroatoms. The van der Waals surface area contributed by atoms with Crippen LogP contribution in [0, 0.1) is 0 Å². The van der Waals surface area contributed by atoms with Crippen LogP contribution in [0.1, 0.15) is 29.5 Å². The fourth-order valence-corrected chi connectivity index (χ4v) is 4.14. The number of nitrogens with zero attached hydrogens (tertiary/aromatic N) is 2. The van der Waals surface area contributed by atoms with E-state index in [0.29, 0.717) is 19.7 Å². The first-order valence-electron chi connectivity index (χ1n) is 10.1. The van der Waals surface area contributed by atoms with Gasteiger partial charge < -0.3 is 28.7 Å². The number of likely N-dealkylation sites (tertiary alicyclic amines) is 1. The molecular formula is C23H28N2O5. The number of methoxy groups -OCH3 is 2. The highest BCUT2D eigenvalue weighted by Gasteiger charge is 2.38. The SMILES string of the molecule is COCCN(C)C(=O)N1CC(c2ccc3c(c2)OCO3)CC1c1ccc(OC)cc1. The Bertz CT molecular complexity index is 886. The minimum atomic E-state index is -0.0103. The van der Waals surface area contributed by atoms with Gasteiger partial charge in [-0.05, 0) is 41.8 Å². The van der Waals surface area contributed by atoms with Crippen LogP contribution in [0.3, 0.4) is 0 Å². The van der Waals surface area contributed by atoms with Gasteiger partial charge in [0.2, 0.25) is 6.79 Å². The molecule has 0 spiro atoms. The van der Waals surface area contributed by atoms with Crippen LogP contribution in [-0.4, -0.2) is 63.6 Å². The first-order valence-corrected chi connectivity index (χ1v) is 10.1.